The fraction of sp³-hybridized carbons (Fsp3) is 0.300. The summed E-state index contributed by atoms with van der Waals surface area (Å²) in [5, 5.41) is 7.11. The zero-order valence-electron chi connectivity index (χ0n) is 16.1. The van der Waals surface area contributed by atoms with Gasteiger partial charge in [0.1, 0.15) is 24.0 Å². The maximum atomic E-state index is 11.4. The van der Waals surface area contributed by atoms with E-state index in [1.165, 1.54) is 13.3 Å². The van der Waals surface area contributed by atoms with E-state index in [0.29, 0.717) is 17.2 Å². The second kappa shape index (κ2) is 8.59. The van der Waals surface area contributed by atoms with Gasteiger partial charge in [0.2, 0.25) is 5.88 Å². The Morgan fingerprint density at radius 2 is 2.00 bits per heavy atom. The van der Waals surface area contributed by atoms with E-state index in [9.17, 15) is 4.79 Å². The molecule has 0 radical (unpaired) electrons. The Morgan fingerprint density at radius 3 is 2.72 bits per heavy atom. The van der Waals surface area contributed by atoms with E-state index in [4.69, 9.17) is 9.47 Å². The number of hydrogen-bond donors (Lipinski definition) is 1. The van der Waals surface area contributed by atoms with Gasteiger partial charge in [0.25, 0.3) is 0 Å². The van der Waals surface area contributed by atoms with Crippen LogP contribution in [0.25, 0.3) is 0 Å². The second-order valence-electron chi connectivity index (χ2n) is 6.56. The number of pyridine rings is 2. The minimum Gasteiger partial charge on any atom is -0.486 e. The van der Waals surface area contributed by atoms with Crippen LogP contribution in [0.1, 0.15) is 15.9 Å². The first-order chi connectivity index (χ1) is 14.3. The van der Waals surface area contributed by atoms with Gasteiger partial charge in [-0.2, -0.15) is 5.10 Å². The van der Waals surface area contributed by atoms with Gasteiger partial charge in [-0.3, -0.25) is 9.89 Å². The molecule has 1 saturated heterocycles. The molecule has 0 aliphatic carbocycles. The molecule has 0 amide bonds. The van der Waals surface area contributed by atoms with E-state index in [1.54, 1.807) is 12.3 Å². The summed E-state index contributed by atoms with van der Waals surface area (Å²) in [6.07, 6.45) is 5.85. The molecular formula is C20H22N6O3. The molecule has 3 aromatic rings. The predicted molar refractivity (Wildman–Crippen MR) is 108 cm³/mol. The van der Waals surface area contributed by atoms with Gasteiger partial charge in [-0.25, -0.2) is 9.97 Å². The summed E-state index contributed by atoms with van der Waals surface area (Å²) < 4.78 is 10.9. The highest BCUT2D eigenvalue weighted by Crippen LogP contribution is 2.24. The Kier molecular flexibility index (Phi) is 5.55. The lowest BCUT2D eigenvalue weighted by molar-refractivity contribution is 0.111. The number of aldehydes is 1. The Labute approximate surface area is 168 Å². The first kappa shape index (κ1) is 18.7. The van der Waals surface area contributed by atoms with Crippen LogP contribution in [0.5, 0.6) is 11.6 Å². The van der Waals surface area contributed by atoms with Crippen LogP contribution in [-0.4, -0.2) is 59.7 Å². The van der Waals surface area contributed by atoms with Gasteiger partial charge >= 0.3 is 0 Å². The molecule has 3 aromatic heterocycles. The Bertz CT molecular complexity index is 955. The molecule has 150 valence electrons. The summed E-state index contributed by atoms with van der Waals surface area (Å²) in [5.41, 5.74) is 1.35. The van der Waals surface area contributed by atoms with E-state index in [-0.39, 0.29) is 6.61 Å². The van der Waals surface area contributed by atoms with Crippen molar-refractivity contribution in [3.63, 3.8) is 0 Å². The smallest absolute Gasteiger partial charge is 0.213 e. The summed E-state index contributed by atoms with van der Waals surface area (Å²) in [7, 11) is 1.51. The standard InChI is InChI=1S/C20H22N6O3/c1-28-19-11-16(13-27)17(12-22-19)29-14-15-3-2-5-21-20(15)26-9-7-25(8-10-26)18-4-6-23-24-18/h2-6,11-13H,7-10,14H2,1H3,(H,23,24). The zero-order chi connectivity index (χ0) is 20.1. The third-order valence-corrected chi connectivity index (χ3v) is 4.85. The molecule has 0 saturated carbocycles. The van der Waals surface area contributed by atoms with Gasteiger partial charge in [-0.1, -0.05) is 6.07 Å². The van der Waals surface area contributed by atoms with Gasteiger partial charge in [0.05, 0.1) is 18.9 Å². The summed E-state index contributed by atoms with van der Waals surface area (Å²) in [5.74, 6) is 2.64. The molecule has 29 heavy (non-hydrogen) atoms. The Hall–Kier alpha value is -3.62. The van der Waals surface area contributed by atoms with Crippen molar-refractivity contribution in [1.82, 2.24) is 20.2 Å². The van der Waals surface area contributed by atoms with Crippen LogP contribution in [0.15, 0.2) is 42.9 Å². The molecule has 4 heterocycles. The highest BCUT2D eigenvalue weighted by Gasteiger charge is 2.21. The molecule has 1 N–H and O–H groups in total. The lowest BCUT2D eigenvalue weighted by atomic mass is 10.2. The van der Waals surface area contributed by atoms with Crippen LogP contribution < -0.4 is 19.3 Å². The van der Waals surface area contributed by atoms with Gasteiger partial charge in [0.15, 0.2) is 6.29 Å². The van der Waals surface area contributed by atoms with Crippen molar-refractivity contribution in [3.8, 4) is 11.6 Å². The fourth-order valence-electron chi connectivity index (χ4n) is 3.32. The quantitative estimate of drug-likeness (QED) is 0.607. The summed E-state index contributed by atoms with van der Waals surface area (Å²) in [6.45, 7) is 3.68. The highest BCUT2D eigenvalue weighted by atomic mass is 16.5. The molecule has 4 rings (SSSR count). The van der Waals surface area contributed by atoms with Crippen molar-refractivity contribution < 1.29 is 14.3 Å². The first-order valence-corrected chi connectivity index (χ1v) is 9.34. The molecule has 1 aliphatic heterocycles. The van der Waals surface area contributed by atoms with Gasteiger partial charge in [-0.05, 0) is 6.07 Å². The number of H-pyrrole nitrogens is 1. The molecule has 0 spiro atoms. The maximum Gasteiger partial charge on any atom is 0.213 e. The predicted octanol–water partition coefficient (Wildman–Crippen LogP) is 1.93. The summed E-state index contributed by atoms with van der Waals surface area (Å²) in [4.78, 5) is 24.5. The average molecular weight is 394 g/mol. The number of hydrogen-bond acceptors (Lipinski definition) is 8. The highest BCUT2D eigenvalue weighted by molar-refractivity contribution is 5.79. The van der Waals surface area contributed by atoms with E-state index in [2.05, 4.69) is 30.0 Å². The van der Waals surface area contributed by atoms with Crippen molar-refractivity contribution >= 4 is 17.9 Å². The Morgan fingerprint density at radius 1 is 1.17 bits per heavy atom. The van der Waals surface area contributed by atoms with Crippen LogP contribution >= 0.6 is 0 Å². The Balaban J connectivity index is 1.45. The molecule has 1 fully saturated rings. The van der Waals surface area contributed by atoms with Crippen molar-refractivity contribution in [3.05, 3.63) is 54.0 Å². The number of carbonyl (C=O) groups excluding carboxylic acids is 1. The number of rotatable bonds is 7. The second-order valence-corrected chi connectivity index (χ2v) is 6.56. The monoisotopic (exact) mass is 394 g/mol. The average Bonchev–Trinajstić information content (AvgIpc) is 3.33. The molecule has 9 nitrogen and oxygen atoms in total. The number of anilines is 2. The number of carbonyl (C=O) groups is 1. The van der Waals surface area contributed by atoms with Crippen molar-refractivity contribution in [2.24, 2.45) is 0 Å². The molecular weight excluding hydrogens is 372 g/mol. The van der Waals surface area contributed by atoms with Crippen molar-refractivity contribution in [2.45, 2.75) is 6.61 Å². The minimum absolute atomic E-state index is 0.289. The van der Waals surface area contributed by atoms with E-state index in [1.807, 2.05) is 24.4 Å². The van der Waals surface area contributed by atoms with Gasteiger partial charge in [-0.15, -0.1) is 0 Å². The normalized spacial score (nSPS) is 14.0. The van der Waals surface area contributed by atoms with E-state index < -0.39 is 0 Å². The number of aromatic amines is 1. The number of ether oxygens (including phenoxy) is 2. The fourth-order valence-corrected chi connectivity index (χ4v) is 3.32. The van der Waals surface area contributed by atoms with E-state index >= 15 is 0 Å². The van der Waals surface area contributed by atoms with Crippen LogP contribution in [0.4, 0.5) is 11.6 Å². The topological polar surface area (TPSA) is 96.5 Å². The maximum absolute atomic E-state index is 11.4. The molecule has 1 aliphatic rings. The third-order valence-electron chi connectivity index (χ3n) is 4.85. The van der Waals surface area contributed by atoms with Crippen LogP contribution in [0.3, 0.4) is 0 Å². The summed E-state index contributed by atoms with van der Waals surface area (Å²) >= 11 is 0. The third kappa shape index (κ3) is 4.13. The van der Waals surface area contributed by atoms with Crippen LogP contribution in [0, 0.1) is 0 Å². The number of aromatic nitrogens is 4. The molecule has 0 aromatic carbocycles. The number of methoxy groups -OCH3 is 1. The largest absolute Gasteiger partial charge is 0.486 e. The van der Waals surface area contributed by atoms with Crippen LogP contribution in [0.2, 0.25) is 0 Å². The minimum atomic E-state index is 0.289. The number of nitrogens with zero attached hydrogens (tertiary/aromatic N) is 5. The lowest BCUT2D eigenvalue weighted by Gasteiger charge is -2.36. The first-order valence-electron chi connectivity index (χ1n) is 9.34. The molecule has 0 atom stereocenters. The molecule has 0 unspecified atom stereocenters. The van der Waals surface area contributed by atoms with Crippen molar-refractivity contribution in [1.29, 1.82) is 0 Å². The van der Waals surface area contributed by atoms with Crippen LogP contribution in [-0.2, 0) is 6.61 Å². The van der Waals surface area contributed by atoms with Gasteiger partial charge in [0, 0.05) is 56.3 Å². The van der Waals surface area contributed by atoms with Gasteiger partial charge < -0.3 is 19.3 Å². The summed E-state index contributed by atoms with van der Waals surface area (Å²) in [6, 6.07) is 7.40. The number of piperazine rings is 1. The lowest BCUT2D eigenvalue weighted by Crippen LogP contribution is -2.47. The molecule has 9 heteroatoms. The molecule has 0 bridgehead atoms. The number of nitrogens with one attached hydrogen (secondary N) is 1. The zero-order valence-corrected chi connectivity index (χ0v) is 16.1. The SMILES string of the molecule is COc1cc(C=O)c(OCc2cccnc2N2CCN(c3cc[nH]n3)CC2)cn1. The van der Waals surface area contributed by atoms with E-state index in [0.717, 1.165) is 49.7 Å². The van der Waals surface area contributed by atoms with Crippen molar-refractivity contribution in [2.75, 3.05) is 43.1 Å².